The lowest BCUT2D eigenvalue weighted by molar-refractivity contribution is -0.125. The summed E-state index contributed by atoms with van der Waals surface area (Å²) >= 11 is 5.97. The first kappa shape index (κ1) is 13.2. The SMILES string of the molecule is COCC(=O)NC1CCN(c2cccc(Cl)c2)C1. The molecule has 0 saturated carbocycles. The van der Waals surface area contributed by atoms with Crippen LogP contribution >= 0.6 is 11.6 Å². The van der Waals surface area contributed by atoms with Gasteiger partial charge in [-0.05, 0) is 24.6 Å². The first-order valence-corrected chi connectivity index (χ1v) is 6.35. The molecule has 0 bridgehead atoms. The zero-order chi connectivity index (χ0) is 13.0. The van der Waals surface area contributed by atoms with E-state index in [1.807, 2.05) is 24.3 Å². The van der Waals surface area contributed by atoms with Gasteiger partial charge >= 0.3 is 0 Å². The largest absolute Gasteiger partial charge is 0.375 e. The van der Waals surface area contributed by atoms with Crippen LogP contribution in [0.2, 0.25) is 5.02 Å². The summed E-state index contributed by atoms with van der Waals surface area (Å²) in [5.41, 5.74) is 1.10. The van der Waals surface area contributed by atoms with Gasteiger partial charge in [0.1, 0.15) is 6.61 Å². The summed E-state index contributed by atoms with van der Waals surface area (Å²) in [7, 11) is 1.52. The Morgan fingerprint density at radius 3 is 3.17 bits per heavy atom. The van der Waals surface area contributed by atoms with Crippen LogP contribution in [0.3, 0.4) is 0 Å². The third kappa shape index (κ3) is 3.37. The number of carbonyl (C=O) groups excluding carboxylic acids is 1. The Morgan fingerprint density at radius 2 is 2.44 bits per heavy atom. The maximum atomic E-state index is 11.4. The molecule has 5 heteroatoms. The zero-order valence-electron chi connectivity index (χ0n) is 10.4. The predicted octanol–water partition coefficient (Wildman–Crippen LogP) is 1.68. The fraction of sp³-hybridized carbons (Fsp3) is 0.462. The van der Waals surface area contributed by atoms with Gasteiger partial charge in [0.05, 0.1) is 0 Å². The van der Waals surface area contributed by atoms with Gasteiger partial charge in [0.15, 0.2) is 0 Å². The molecule has 0 spiro atoms. The highest BCUT2D eigenvalue weighted by molar-refractivity contribution is 6.30. The molecule has 4 nitrogen and oxygen atoms in total. The predicted molar refractivity (Wildman–Crippen MR) is 72.1 cm³/mol. The molecule has 1 aliphatic rings. The second-order valence-electron chi connectivity index (χ2n) is 4.41. The van der Waals surface area contributed by atoms with Crippen molar-refractivity contribution in [3.63, 3.8) is 0 Å². The van der Waals surface area contributed by atoms with E-state index in [9.17, 15) is 4.79 Å². The fourth-order valence-corrected chi connectivity index (χ4v) is 2.37. The van der Waals surface area contributed by atoms with E-state index in [-0.39, 0.29) is 18.6 Å². The molecule has 1 saturated heterocycles. The quantitative estimate of drug-likeness (QED) is 0.903. The monoisotopic (exact) mass is 268 g/mol. The van der Waals surface area contributed by atoms with E-state index in [4.69, 9.17) is 16.3 Å². The minimum Gasteiger partial charge on any atom is -0.375 e. The van der Waals surface area contributed by atoms with E-state index in [0.29, 0.717) is 0 Å². The minimum absolute atomic E-state index is 0.0598. The van der Waals surface area contributed by atoms with E-state index in [0.717, 1.165) is 30.2 Å². The van der Waals surface area contributed by atoms with Crippen LogP contribution in [-0.4, -0.2) is 38.8 Å². The number of ether oxygens (including phenoxy) is 1. The van der Waals surface area contributed by atoms with Crippen molar-refractivity contribution in [2.45, 2.75) is 12.5 Å². The maximum absolute atomic E-state index is 11.4. The zero-order valence-corrected chi connectivity index (χ0v) is 11.1. The van der Waals surface area contributed by atoms with E-state index >= 15 is 0 Å². The van der Waals surface area contributed by atoms with Crippen LogP contribution in [0.5, 0.6) is 0 Å². The minimum atomic E-state index is -0.0598. The van der Waals surface area contributed by atoms with Gasteiger partial charge in [0.25, 0.3) is 0 Å². The third-order valence-corrected chi connectivity index (χ3v) is 3.24. The van der Waals surface area contributed by atoms with Gasteiger partial charge < -0.3 is 15.0 Å². The maximum Gasteiger partial charge on any atom is 0.246 e. The molecule has 0 aromatic heterocycles. The molecule has 0 aliphatic carbocycles. The third-order valence-electron chi connectivity index (χ3n) is 3.00. The highest BCUT2D eigenvalue weighted by Gasteiger charge is 2.23. The van der Waals surface area contributed by atoms with Gasteiger partial charge in [-0.15, -0.1) is 0 Å². The number of benzene rings is 1. The molecule has 2 rings (SSSR count). The van der Waals surface area contributed by atoms with Gasteiger partial charge in [-0.25, -0.2) is 0 Å². The Hall–Kier alpha value is -1.26. The number of hydrogen-bond acceptors (Lipinski definition) is 3. The van der Waals surface area contributed by atoms with Crippen molar-refractivity contribution in [2.24, 2.45) is 0 Å². The topological polar surface area (TPSA) is 41.6 Å². The van der Waals surface area contributed by atoms with Crippen molar-refractivity contribution >= 4 is 23.2 Å². The molecule has 1 N–H and O–H groups in total. The number of nitrogens with one attached hydrogen (secondary N) is 1. The Bertz CT molecular complexity index is 425. The van der Waals surface area contributed by atoms with Crippen LogP contribution in [0.15, 0.2) is 24.3 Å². The van der Waals surface area contributed by atoms with Crippen LogP contribution in [0.4, 0.5) is 5.69 Å². The normalized spacial score (nSPS) is 19.0. The summed E-state index contributed by atoms with van der Waals surface area (Å²) in [6, 6.07) is 7.96. The van der Waals surface area contributed by atoms with Crippen molar-refractivity contribution in [1.29, 1.82) is 0 Å². The second-order valence-corrected chi connectivity index (χ2v) is 4.85. The molecule has 98 valence electrons. The van der Waals surface area contributed by atoms with Gasteiger partial charge in [-0.3, -0.25) is 4.79 Å². The molecule has 1 aromatic rings. The molecular weight excluding hydrogens is 252 g/mol. The molecule has 1 unspecified atom stereocenters. The van der Waals surface area contributed by atoms with Gasteiger partial charge in [0, 0.05) is 37.0 Å². The Balaban J connectivity index is 1.90. The van der Waals surface area contributed by atoms with Crippen LogP contribution in [0, 0.1) is 0 Å². The summed E-state index contributed by atoms with van der Waals surface area (Å²) in [6.45, 7) is 1.86. The van der Waals surface area contributed by atoms with E-state index in [1.54, 1.807) is 0 Å². The number of halogens is 1. The molecule has 1 amide bonds. The molecule has 0 radical (unpaired) electrons. The number of nitrogens with zero attached hydrogens (tertiary/aromatic N) is 1. The summed E-state index contributed by atoms with van der Waals surface area (Å²) in [5.74, 6) is -0.0598. The highest BCUT2D eigenvalue weighted by atomic mass is 35.5. The van der Waals surface area contributed by atoms with E-state index in [2.05, 4.69) is 10.2 Å². The van der Waals surface area contributed by atoms with Crippen LogP contribution in [0.1, 0.15) is 6.42 Å². The lowest BCUT2D eigenvalue weighted by atomic mass is 10.2. The number of rotatable bonds is 4. The number of anilines is 1. The first-order chi connectivity index (χ1) is 8.69. The van der Waals surface area contributed by atoms with E-state index < -0.39 is 0 Å². The smallest absolute Gasteiger partial charge is 0.246 e. The Labute approximate surface area is 112 Å². The van der Waals surface area contributed by atoms with Crippen molar-refractivity contribution in [3.05, 3.63) is 29.3 Å². The standard InChI is InChI=1S/C13H17ClN2O2/c1-18-9-13(17)15-11-5-6-16(8-11)12-4-2-3-10(14)7-12/h2-4,7,11H,5-6,8-9H2,1H3,(H,15,17). The van der Waals surface area contributed by atoms with Gasteiger partial charge in [0.2, 0.25) is 5.91 Å². The van der Waals surface area contributed by atoms with Crippen LogP contribution in [-0.2, 0) is 9.53 Å². The van der Waals surface area contributed by atoms with Gasteiger partial charge in [-0.1, -0.05) is 17.7 Å². The number of methoxy groups -OCH3 is 1. The summed E-state index contributed by atoms with van der Waals surface area (Å²) in [5, 5.41) is 3.69. The lowest BCUT2D eigenvalue weighted by Crippen LogP contribution is -2.38. The molecular formula is C13H17ClN2O2. The number of carbonyl (C=O) groups is 1. The Kier molecular flexibility index (Phi) is 4.44. The van der Waals surface area contributed by atoms with Gasteiger partial charge in [-0.2, -0.15) is 0 Å². The molecule has 1 fully saturated rings. The lowest BCUT2D eigenvalue weighted by Gasteiger charge is -2.19. The van der Waals surface area contributed by atoms with Crippen molar-refractivity contribution in [3.8, 4) is 0 Å². The summed E-state index contributed by atoms with van der Waals surface area (Å²) in [6.07, 6.45) is 0.946. The van der Waals surface area contributed by atoms with Crippen molar-refractivity contribution < 1.29 is 9.53 Å². The molecule has 1 heterocycles. The van der Waals surface area contributed by atoms with Crippen LogP contribution in [0.25, 0.3) is 0 Å². The van der Waals surface area contributed by atoms with Crippen molar-refractivity contribution in [1.82, 2.24) is 5.32 Å². The molecule has 18 heavy (non-hydrogen) atoms. The molecule has 1 aliphatic heterocycles. The highest BCUT2D eigenvalue weighted by Crippen LogP contribution is 2.23. The average Bonchev–Trinajstić information content (AvgIpc) is 2.78. The first-order valence-electron chi connectivity index (χ1n) is 5.98. The average molecular weight is 269 g/mol. The van der Waals surface area contributed by atoms with E-state index in [1.165, 1.54) is 7.11 Å². The molecule has 1 atom stereocenters. The Morgan fingerprint density at radius 1 is 1.61 bits per heavy atom. The summed E-state index contributed by atoms with van der Waals surface area (Å²) in [4.78, 5) is 13.6. The van der Waals surface area contributed by atoms with Crippen molar-refractivity contribution in [2.75, 3.05) is 31.7 Å². The fourth-order valence-electron chi connectivity index (χ4n) is 2.19. The summed E-state index contributed by atoms with van der Waals surface area (Å²) < 4.78 is 4.80. The molecule has 1 aromatic carbocycles. The van der Waals surface area contributed by atoms with Crippen LogP contribution < -0.4 is 10.2 Å². The number of amides is 1. The second kappa shape index (κ2) is 6.07. The number of hydrogen-bond donors (Lipinski definition) is 1.